The van der Waals surface area contributed by atoms with Crippen molar-refractivity contribution in [1.29, 1.82) is 0 Å². The number of rotatable bonds is 5. The zero-order valence-corrected chi connectivity index (χ0v) is 12.6. The highest BCUT2D eigenvalue weighted by Gasteiger charge is 2.32. The molecule has 102 valence electrons. The third-order valence-electron chi connectivity index (χ3n) is 3.84. The lowest BCUT2D eigenvalue weighted by Crippen LogP contribution is -2.16. The zero-order chi connectivity index (χ0) is 13.4. The molecule has 2 aromatic heterocycles. The van der Waals surface area contributed by atoms with Gasteiger partial charge in [0.15, 0.2) is 0 Å². The average Bonchev–Trinajstić information content (AvgIpc) is 2.99. The van der Waals surface area contributed by atoms with Crippen LogP contribution in [-0.2, 0) is 13.5 Å². The second-order valence-corrected chi connectivity index (χ2v) is 6.44. The van der Waals surface area contributed by atoms with Crippen molar-refractivity contribution in [3.63, 3.8) is 0 Å². The van der Waals surface area contributed by atoms with Gasteiger partial charge in [-0.2, -0.15) is 5.10 Å². The first-order valence-corrected chi connectivity index (χ1v) is 7.84. The molecule has 1 N–H and O–H groups in total. The molecule has 4 heteroatoms. The quantitative estimate of drug-likeness (QED) is 0.906. The van der Waals surface area contributed by atoms with Crippen LogP contribution in [0.4, 0.5) is 0 Å². The lowest BCUT2D eigenvalue weighted by Gasteiger charge is -2.12. The minimum atomic E-state index is 0.542. The fourth-order valence-corrected chi connectivity index (χ4v) is 3.95. The lowest BCUT2D eigenvalue weighted by molar-refractivity contribution is 0.537. The molecule has 2 heterocycles. The fraction of sp³-hybridized carbons (Fsp3) is 0.533. The molecule has 1 aliphatic rings. The SMILES string of the molecule is CCc1nn(C)cc1-c1ccc(C(NC)C2CC2)s1. The molecule has 3 rings (SSSR count). The Morgan fingerprint density at radius 3 is 2.89 bits per heavy atom. The van der Waals surface area contributed by atoms with E-state index < -0.39 is 0 Å². The largest absolute Gasteiger partial charge is 0.312 e. The monoisotopic (exact) mass is 275 g/mol. The van der Waals surface area contributed by atoms with E-state index in [1.54, 1.807) is 0 Å². The number of hydrogen-bond acceptors (Lipinski definition) is 3. The van der Waals surface area contributed by atoms with Crippen molar-refractivity contribution in [3.8, 4) is 10.4 Å². The number of nitrogens with zero attached hydrogens (tertiary/aromatic N) is 2. The molecule has 0 saturated heterocycles. The van der Waals surface area contributed by atoms with E-state index in [-0.39, 0.29) is 0 Å². The van der Waals surface area contributed by atoms with Crippen LogP contribution in [0.5, 0.6) is 0 Å². The standard InChI is InChI=1S/C15H21N3S/c1-4-12-11(9-18(3)17-12)13-7-8-14(19-13)15(16-2)10-5-6-10/h7-10,15-16H,4-6H2,1-3H3. The summed E-state index contributed by atoms with van der Waals surface area (Å²) in [6, 6.07) is 5.08. The Balaban J connectivity index is 1.91. The fourth-order valence-electron chi connectivity index (χ4n) is 2.71. The molecular weight excluding hydrogens is 254 g/mol. The van der Waals surface area contributed by atoms with Crippen LogP contribution in [0.15, 0.2) is 18.3 Å². The van der Waals surface area contributed by atoms with E-state index in [4.69, 9.17) is 0 Å². The van der Waals surface area contributed by atoms with Crippen LogP contribution >= 0.6 is 11.3 Å². The molecule has 0 aromatic carbocycles. The first-order chi connectivity index (χ1) is 9.22. The van der Waals surface area contributed by atoms with Gasteiger partial charge in [-0.15, -0.1) is 11.3 Å². The van der Waals surface area contributed by atoms with Gasteiger partial charge < -0.3 is 5.32 Å². The molecule has 0 aliphatic heterocycles. The van der Waals surface area contributed by atoms with Crippen molar-refractivity contribution >= 4 is 11.3 Å². The maximum atomic E-state index is 4.53. The van der Waals surface area contributed by atoms with Gasteiger partial charge in [0.1, 0.15) is 0 Å². The first kappa shape index (κ1) is 12.9. The summed E-state index contributed by atoms with van der Waals surface area (Å²) in [4.78, 5) is 2.81. The van der Waals surface area contributed by atoms with Gasteiger partial charge >= 0.3 is 0 Å². The van der Waals surface area contributed by atoms with Gasteiger partial charge in [0.25, 0.3) is 0 Å². The van der Waals surface area contributed by atoms with Gasteiger partial charge in [-0.25, -0.2) is 0 Å². The van der Waals surface area contributed by atoms with Crippen LogP contribution in [0.2, 0.25) is 0 Å². The first-order valence-electron chi connectivity index (χ1n) is 7.02. The highest BCUT2D eigenvalue weighted by molar-refractivity contribution is 7.15. The molecule has 0 bridgehead atoms. The summed E-state index contributed by atoms with van der Waals surface area (Å²) in [6.07, 6.45) is 5.86. The predicted molar refractivity (Wildman–Crippen MR) is 80.4 cm³/mol. The minimum Gasteiger partial charge on any atom is -0.312 e. The van der Waals surface area contributed by atoms with Crippen LogP contribution in [0.25, 0.3) is 10.4 Å². The van der Waals surface area contributed by atoms with E-state index in [0.29, 0.717) is 6.04 Å². The van der Waals surface area contributed by atoms with Crippen LogP contribution in [0.3, 0.4) is 0 Å². The maximum absolute atomic E-state index is 4.53. The summed E-state index contributed by atoms with van der Waals surface area (Å²) in [5.74, 6) is 0.844. The van der Waals surface area contributed by atoms with Crippen LogP contribution < -0.4 is 5.32 Å². The third-order valence-corrected chi connectivity index (χ3v) is 5.04. The van der Waals surface area contributed by atoms with E-state index in [1.165, 1.54) is 33.9 Å². The molecule has 19 heavy (non-hydrogen) atoms. The smallest absolute Gasteiger partial charge is 0.0708 e. The Morgan fingerprint density at radius 2 is 2.26 bits per heavy atom. The van der Waals surface area contributed by atoms with Gasteiger partial charge in [0.05, 0.1) is 5.69 Å². The molecule has 2 aromatic rings. The number of nitrogens with one attached hydrogen (secondary N) is 1. The van der Waals surface area contributed by atoms with Crippen molar-refractivity contribution in [3.05, 3.63) is 28.9 Å². The van der Waals surface area contributed by atoms with E-state index in [2.05, 4.69) is 42.7 Å². The van der Waals surface area contributed by atoms with Crippen LogP contribution in [0, 0.1) is 5.92 Å². The Bertz CT molecular complexity index is 566. The molecule has 1 aliphatic carbocycles. The van der Waals surface area contributed by atoms with Gasteiger partial charge in [-0.1, -0.05) is 6.92 Å². The summed E-state index contributed by atoms with van der Waals surface area (Å²) in [7, 11) is 4.07. The van der Waals surface area contributed by atoms with Crippen molar-refractivity contribution in [2.24, 2.45) is 13.0 Å². The van der Waals surface area contributed by atoms with Crippen molar-refractivity contribution < 1.29 is 0 Å². The second kappa shape index (κ2) is 5.10. The molecule has 0 spiro atoms. The lowest BCUT2D eigenvalue weighted by atomic mass is 10.1. The molecule has 0 amide bonds. The Labute approximate surface area is 118 Å². The zero-order valence-electron chi connectivity index (χ0n) is 11.8. The normalized spacial score (nSPS) is 16.8. The number of aryl methyl sites for hydroxylation is 2. The summed E-state index contributed by atoms with van der Waals surface area (Å²) in [5, 5.41) is 8.00. The van der Waals surface area contributed by atoms with Gasteiger partial charge in [0, 0.05) is 34.6 Å². The minimum absolute atomic E-state index is 0.542. The molecule has 1 saturated carbocycles. The summed E-state index contributed by atoms with van der Waals surface area (Å²) < 4.78 is 1.92. The summed E-state index contributed by atoms with van der Waals surface area (Å²) >= 11 is 1.91. The number of thiophene rings is 1. The van der Waals surface area contributed by atoms with Crippen molar-refractivity contribution in [1.82, 2.24) is 15.1 Å². The van der Waals surface area contributed by atoms with E-state index >= 15 is 0 Å². The molecule has 1 fully saturated rings. The van der Waals surface area contributed by atoms with Crippen LogP contribution in [-0.4, -0.2) is 16.8 Å². The maximum Gasteiger partial charge on any atom is 0.0708 e. The molecule has 0 radical (unpaired) electrons. The van der Waals surface area contributed by atoms with Gasteiger partial charge in [0.2, 0.25) is 0 Å². The Hall–Kier alpha value is -1.13. The molecular formula is C15H21N3S. The van der Waals surface area contributed by atoms with Gasteiger partial charge in [-0.05, 0) is 44.4 Å². The highest BCUT2D eigenvalue weighted by Crippen LogP contribution is 2.44. The van der Waals surface area contributed by atoms with Crippen molar-refractivity contribution in [2.75, 3.05) is 7.05 Å². The summed E-state index contributed by atoms with van der Waals surface area (Å²) in [5.41, 5.74) is 2.50. The molecule has 1 atom stereocenters. The Morgan fingerprint density at radius 1 is 1.47 bits per heavy atom. The van der Waals surface area contributed by atoms with Crippen molar-refractivity contribution in [2.45, 2.75) is 32.2 Å². The topological polar surface area (TPSA) is 29.9 Å². The molecule has 3 nitrogen and oxygen atoms in total. The molecule has 1 unspecified atom stereocenters. The number of hydrogen-bond donors (Lipinski definition) is 1. The third kappa shape index (κ3) is 2.47. The van der Waals surface area contributed by atoms with E-state index in [0.717, 1.165) is 12.3 Å². The van der Waals surface area contributed by atoms with Gasteiger partial charge in [-0.3, -0.25) is 4.68 Å². The Kier molecular flexibility index (Phi) is 3.46. The second-order valence-electron chi connectivity index (χ2n) is 5.32. The van der Waals surface area contributed by atoms with E-state index in [1.807, 2.05) is 23.1 Å². The summed E-state index contributed by atoms with van der Waals surface area (Å²) in [6.45, 7) is 2.17. The predicted octanol–water partition coefficient (Wildman–Crippen LogP) is 3.38. The van der Waals surface area contributed by atoms with Crippen LogP contribution in [0.1, 0.15) is 36.4 Å². The highest BCUT2D eigenvalue weighted by atomic mass is 32.1. The average molecular weight is 275 g/mol. The van der Waals surface area contributed by atoms with E-state index in [9.17, 15) is 0 Å². The number of aromatic nitrogens is 2.